The number of nitriles is 5. The van der Waals surface area contributed by atoms with Gasteiger partial charge in [-0.1, -0.05) is 54.6 Å². The van der Waals surface area contributed by atoms with Crippen LogP contribution in [0.15, 0.2) is 127 Å². The summed E-state index contributed by atoms with van der Waals surface area (Å²) < 4.78 is 0. The number of hydrogen-bond donors (Lipinski definition) is 0. The van der Waals surface area contributed by atoms with Crippen molar-refractivity contribution < 1.29 is 0 Å². The van der Waals surface area contributed by atoms with Crippen LogP contribution in [0.4, 0.5) is 0 Å². The first kappa shape index (κ1) is 22.1. The van der Waals surface area contributed by atoms with Crippen LogP contribution in [0.3, 0.4) is 0 Å². The number of allylic oxidation sites excluding steroid dienone is 4. The molecule has 0 atom stereocenters. The fourth-order valence-corrected chi connectivity index (χ4v) is 8.67. The highest BCUT2D eigenvalue weighted by Gasteiger charge is 2.57. The lowest BCUT2D eigenvalue weighted by atomic mass is 9.85. The largest absolute Gasteiger partial charge is 0.211 e. The van der Waals surface area contributed by atoms with Crippen molar-refractivity contribution in [1.29, 1.82) is 26.3 Å². The Labute approximate surface area is 199 Å². The van der Waals surface area contributed by atoms with Gasteiger partial charge in [0.1, 0.15) is 12.1 Å². The third-order valence-corrected chi connectivity index (χ3v) is 9.77. The Hall–Kier alpha value is -5.06. The second kappa shape index (κ2) is 8.82. The summed E-state index contributed by atoms with van der Waals surface area (Å²) >= 11 is 0. The van der Waals surface area contributed by atoms with E-state index in [1.165, 1.54) is 0 Å². The average molecular weight is 454 g/mol. The van der Waals surface area contributed by atoms with Crippen LogP contribution in [0.1, 0.15) is 0 Å². The van der Waals surface area contributed by atoms with E-state index in [2.05, 4.69) is 6.07 Å². The summed E-state index contributed by atoms with van der Waals surface area (Å²) in [6.07, 6.45) is 0. The van der Waals surface area contributed by atoms with E-state index < -0.39 is 15.4 Å². The second-order valence-electron chi connectivity index (χ2n) is 7.31. The van der Waals surface area contributed by atoms with Gasteiger partial charge < -0.3 is 0 Å². The molecule has 0 spiro atoms. The highest BCUT2D eigenvalue weighted by atomic mass is 32.3. The van der Waals surface area contributed by atoms with Crippen molar-refractivity contribution in [1.82, 2.24) is 0 Å². The molecule has 0 fully saturated rings. The molecule has 0 aliphatic heterocycles. The van der Waals surface area contributed by atoms with Crippen LogP contribution in [0.2, 0.25) is 0 Å². The zero-order chi connectivity index (χ0) is 24.2. The normalized spacial score (nSPS) is 14.8. The molecule has 0 bridgehead atoms. The van der Waals surface area contributed by atoms with E-state index in [1.54, 1.807) is 0 Å². The molecule has 0 aromatic heterocycles. The Bertz CT molecular complexity index is 1420. The first-order valence-electron chi connectivity index (χ1n) is 10.2. The molecule has 0 unspecified atom stereocenters. The number of nitrogens with zero attached hydrogens (tertiary/aromatic N) is 5. The Morgan fingerprint density at radius 3 is 1.18 bits per heavy atom. The Balaban J connectivity index is 2.34. The summed E-state index contributed by atoms with van der Waals surface area (Å²) in [7, 11) is -2.62. The third-order valence-electron chi connectivity index (χ3n) is 5.71. The summed E-state index contributed by atoms with van der Waals surface area (Å²) in [6.45, 7) is 0. The van der Waals surface area contributed by atoms with Crippen molar-refractivity contribution in [2.45, 2.75) is 14.7 Å². The minimum absolute atomic E-state index is 0.0892. The minimum atomic E-state index is -2.62. The van der Waals surface area contributed by atoms with Gasteiger partial charge in [0.25, 0.3) is 0 Å². The molecule has 3 aromatic rings. The van der Waals surface area contributed by atoms with Gasteiger partial charge in [-0.15, -0.1) is 10.0 Å². The Morgan fingerprint density at radius 1 is 0.500 bits per heavy atom. The predicted octanol–water partition coefficient (Wildman–Crippen LogP) is 6.14. The van der Waals surface area contributed by atoms with Gasteiger partial charge in [0, 0.05) is 19.6 Å². The van der Waals surface area contributed by atoms with Gasteiger partial charge in [-0.05, 0) is 36.4 Å². The van der Waals surface area contributed by atoms with E-state index in [-0.39, 0.29) is 21.6 Å². The average Bonchev–Trinajstić information content (AvgIpc) is 3.20. The summed E-state index contributed by atoms with van der Waals surface area (Å²) in [6, 6.07) is 38.1. The van der Waals surface area contributed by atoms with E-state index in [4.69, 9.17) is 0 Å². The topological polar surface area (TPSA) is 119 Å². The van der Waals surface area contributed by atoms with Gasteiger partial charge in [0.05, 0.1) is 34.9 Å². The fourth-order valence-electron chi connectivity index (χ4n) is 4.34. The lowest BCUT2D eigenvalue weighted by Gasteiger charge is -2.45. The lowest BCUT2D eigenvalue weighted by molar-refractivity contribution is 0.810. The summed E-state index contributed by atoms with van der Waals surface area (Å²) in [5.41, 5.74) is -2.70. The van der Waals surface area contributed by atoms with Crippen LogP contribution in [0.5, 0.6) is 0 Å². The zero-order valence-electron chi connectivity index (χ0n) is 17.8. The van der Waals surface area contributed by atoms with Crippen molar-refractivity contribution >= 4 is 10.0 Å². The molecule has 0 amide bonds. The first-order valence-corrected chi connectivity index (χ1v) is 11.8. The van der Waals surface area contributed by atoms with Crippen LogP contribution < -0.4 is 0 Å². The number of benzene rings is 3. The SMILES string of the molecule is N#CC1=C(C#N)C(C#N)(C#N)C(S(c2ccccc2)(c2ccccc2)c2ccccc2)=C1C#N. The molecule has 158 valence electrons. The zero-order valence-corrected chi connectivity index (χ0v) is 18.6. The summed E-state index contributed by atoms with van der Waals surface area (Å²) in [4.78, 5) is 2.52. The van der Waals surface area contributed by atoms with Crippen LogP contribution in [0, 0.1) is 62.1 Å². The maximum absolute atomic E-state index is 10.4. The quantitative estimate of drug-likeness (QED) is 0.470. The second-order valence-corrected chi connectivity index (χ2v) is 10.4. The van der Waals surface area contributed by atoms with E-state index in [0.29, 0.717) is 0 Å². The molecule has 1 aliphatic rings. The number of rotatable bonds is 4. The van der Waals surface area contributed by atoms with Gasteiger partial charge in [-0.2, -0.15) is 26.3 Å². The smallest absolute Gasteiger partial charge is 0.196 e. The van der Waals surface area contributed by atoms with Gasteiger partial charge in [0.2, 0.25) is 5.41 Å². The fraction of sp³-hybridized carbons (Fsp3) is 0.0357. The molecule has 3 aromatic carbocycles. The van der Waals surface area contributed by atoms with Gasteiger partial charge in [-0.3, -0.25) is 0 Å². The Kier molecular flexibility index (Phi) is 5.75. The van der Waals surface area contributed by atoms with E-state index in [9.17, 15) is 26.3 Å². The molecule has 0 N–H and O–H groups in total. The van der Waals surface area contributed by atoms with Crippen LogP contribution in [-0.4, -0.2) is 0 Å². The molecular formula is C28H15N5S. The highest BCUT2D eigenvalue weighted by molar-refractivity contribution is 8.37. The molecule has 0 saturated carbocycles. The van der Waals surface area contributed by atoms with Crippen LogP contribution in [0.25, 0.3) is 0 Å². The summed E-state index contributed by atoms with van der Waals surface area (Å²) in [5.74, 6) is 0. The molecule has 5 nitrogen and oxygen atoms in total. The number of hydrogen-bond acceptors (Lipinski definition) is 5. The minimum Gasteiger partial charge on any atom is -0.196 e. The molecule has 6 heteroatoms. The maximum Gasteiger partial charge on any atom is 0.211 e. The molecule has 0 saturated heterocycles. The highest BCUT2D eigenvalue weighted by Crippen LogP contribution is 2.79. The lowest BCUT2D eigenvalue weighted by Crippen LogP contribution is -2.24. The van der Waals surface area contributed by atoms with E-state index in [0.717, 1.165) is 14.7 Å². The van der Waals surface area contributed by atoms with Crippen molar-refractivity contribution in [2.24, 2.45) is 5.41 Å². The Morgan fingerprint density at radius 2 is 0.882 bits per heavy atom. The standard InChI is InChI=1S/C28H15N5S/c29-16-24-25(17-30)27(28(19-32,20-33)26(24)18-31)34(21-10-4-1-5-11-21,22-12-6-2-7-13-22)23-14-8-3-9-15-23/h1-15H. The first-order chi connectivity index (χ1) is 16.6. The predicted molar refractivity (Wildman–Crippen MR) is 126 cm³/mol. The van der Waals surface area contributed by atoms with Crippen molar-refractivity contribution in [3.8, 4) is 30.3 Å². The molecule has 34 heavy (non-hydrogen) atoms. The van der Waals surface area contributed by atoms with Gasteiger partial charge in [0.15, 0.2) is 0 Å². The van der Waals surface area contributed by atoms with Crippen LogP contribution in [-0.2, 0) is 0 Å². The van der Waals surface area contributed by atoms with E-state index in [1.807, 2.05) is 115 Å². The summed E-state index contributed by atoms with van der Waals surface area (Å²) in [5, 5.41) is 51.0. The van der Waals surface area contributed by atoms with Crippen molar-refractivity contribution in [3.05, 3.63) is 113 Å². The molecule has 1 aliphatic carbocycles. The van der Waals surface area contributed by atoms with Crippen molar-refractivity contribution in [3.63, 3.8) is 0 Å². The van der Waals surface area contributed by atoms with E-state index >= 15 is 0 Å². The molecular weight excluding hydrogens is 438 g/mol. The molecule has 0 heterocycles. The third kappa shape index (κ3) is 2.91. The molecule has 4 rings (SSSR count). The van der Waals surface area contributed by atoms with Gasteiger partial charge in [-0.25, -0.2) is 0 Å². The maximum atomic E-state index is 10.4. The van der Waals surface area contributed by atoms with Crippen molar-refractivity contribution in [2.75, 3.05) is 0 Å². The monoisotopic (exact) mass is 453 g/mol. The van der Waals surface area contributed by atoms with Crippen LogP contribution >= 0.6 is 10.0 Å². The van der Waals surface area contributed by atoms with Gasteiger partial charge >= 0.3 is 0 Å². The molecule has 0 radical (unpaired) electrons.